The van der Waals surface area contributed by atoms with Gasteiger partial charge in [0, 0.05) is 16.0 Å². The molecule has 2 heterocycles. The van der Waals surface area contributed by atoms with Crippen LogP contribution in [-0.2, 0) is 24.1 Å². The van der Waals surface area contributed by atoms with E-state index in [1.807, 2.05) is 17.4 Å². The summed E-state index contributed by atoms with van der Waals surface area (Å²) in [4.78, 5) is 18.9. The molecule has 1 atom stereocenters. The number of fused-ring (bicyclic) bond motifs is 3. The zero-order valence-corrected chi connectivity index (χ0v) is 20.1. The number of ether oxygens (including phenoxy) is 2. The van der Waals surface area contributed by atoms with Gasteiger partial charge in [-0.15, -0.1) is 11.3 Å². The van der Waals surface area contributed by atoms with E-state index in [-0.39, 0.29) is 5.92 Å². The maximum Gasteiger partial charge on any atom is 0.306 e. The number of carbonyl (C=O) groups is 1. The van der Waals surface area contributed by atoms with Gasteiger partial charge >= 0.3 is 5.97 Å². The van der Waals surface area contributed by atoms with Gasteiger partial charge < -0.3 is 14.6 Å². The minimum absolute atomic E-state index is 0.342. The van der Waals surface area contributed by atoms with Crippen LogP contribution in [-0.4, -0.2) is 30.3 Å². The van der Waals surface area contributed by atoms with Gasteiger partial charge in [-0.1, -0.05) is 13.0 Å². The second kappa shape index (κ2) is 9.49. The molecular formula is C26H31NO4S. The highest BCUT2D eigenvalue weighted by Gasteiger charge is 2.24. The van der Waals surface area contributed by atoms with Crippen molar-refractivity contribution in [2.75, 3.05) is 14.2 Å². The van der Waals surface area contributed by atoms with Crippen molar-refractivity contribution in [2.24, 2.45) is 5.92 Å². The molecule has 2 aromatic heterocycles. The number of carboxylic acid groups (broad SMARTS) is 1. The molecule has 0 saturated heterocycles. The van der Waals surface area contributed by atoms with Crippen molar-refractivity contribution in [3.8, 4) is 22.6 Å². The SMILES string of the molecule is COc1ccc(-c2c(CCCC(C)C(=O)O)c(C)nc3sc4c(c23)CCCC4)cc1OC. The third kappa shape index (κ3) is 4.20. The molecular weight excluding hydrogens is 422 g/mol. The number of nitrogens with zero attached hydrogens (tertiary/aromatic N) is 1. The highest BCUT2D eigenvalue weighted by Crippen LogP contribution is 2.45. The van der Waals surface area contributed by atoms with Crippen molar-refractivity contribution in [1.29, 1.82) is 0 Å². The third-order valence-corrected chi connectivity index (χ3v) is 7.75. The van der Waals surface area contributed by atoms with Crippen molar-refractivity contribution < 1.29 is 19.4 Å². The molecule has 0 spiro atoms. The molecule has 1 aliphatic carbocycles. The van der Waals surface area contributed by atoms with E-state index in [0.717, 1.165) is 41.8 Å². The molecule has 0 amide bonds. The molecule has 6 heteroatoms. The van der Waals surface area contributed by atoms with Crippen molar-refractivity contribution >= 4 is 27.5 Å². The highest BCUT2D eigenvalue weighted by molar-refractivity contribution is 7.19. The molecule has 3 aromatic rings. The lowest BCUT2D eigenvalue weighted by Crippen LogP contribution is -2.10. The predicted molar refractivity (Wildman–Crippen MR) is 129 cm³/mol. The molecule has 1 unspecified atom stereocenters. The quantitative estimate of drug-likeness (QED) is 0.439. The minimum atomic E-state index is -0.734. The van der Waals surface area contributed by atoms with Gasteiger partial charge in [-0.05, 0) is 86.3 Å². The van der Waals surface area contributed by atoms with Crippen LogP contribution < -0.4 is 9.47 Å². The Morgan fingerprint density at radius 1 is 1.19 bits per heavy atom. The molecule has 4 rings (SSSR count). The summed E-state index contributed by atoms with van der Waals surface area (Å²) in [7, 11) is 3.31. The molecule has 32 heavy (non-hydrogen) atoms. The molecule has 1 aromatic carbocycles. The number of hydrogen-bond donors (Lipinski definition) is 1. The Morgan fingerprint density at radius 3 is 2.66 bits per heavy atom. The van der Waals surface area contributed by atoms with Gasteiger partial charge in [0.15, 0.2) is 11.5 Å². The summed E-state index contributed by atoms with van der Waals surface area (Å²) in [5.41, 5.74) is 6.03. The molecule has 1 aliphatic rings. The van der Waals surface area contributed by atoms with Gasteiger partial charge in [-0.3, -0.25) is 4.79 Å². The van der Waals surface area contributed by atoms with E-state index in [4.69, 9.17) is 14.5 Å². The van der Waals surface area contributed by atoms with E-state index in [0.29, 0.717) is 17.9 Å². The molecule has 0 bridgehead atoms. The van der Waals surface area contributed by atoms with Crippen LogP contribution in [0.3, 0.4) is 0 Å². The Kier molecular flexibility index (Phi) is 6.70. The normalized spacial score (nSPS) is 14.2. The number of hydrogen-bond acceptors (Lipinski definition) is 5. The first-order valence-electron chi connectivity index (χ1n) is 11.3. The Morgan fingerprint density at radius 2 is 1.94 bits per heavy atom. The van der Waals surface area contributed by atoms with Gasteiger partial charge in [0.05, 0.1) is 20.1 Å². The van der Waals surface area contributed by atoms with Crippen LogP contribution in [0.5, 0.6) is 11.5 Å². The maximum atomic E-state index is 11.3. The Balaban J connectivity index is 1.88. The second-order valence-corrected chi connectivity index (χ2v) is 9.73. The largest absolute Gasteiger partial charge is 0.493 e. The first-order chi connectivity index (χ1) is 15.4. The summed E-state index contributed by atoms with van der Waals surface area (Å²) < 4.78 is 11.1. The summed E-state index contributed by atoms with van der Waals surface area (Å²) in [5, 5.41) is 10.6. The molecule has 0 fully saturated rings. The first kappa shape index (κ1) is 22.6. The average Bonchev–Trinajstić information content (AvgIpc) is 3.16. The van der Waals surface area contributed by atoms with Crippen molar-refractivity contribution in [3.05, 3.63) is 39.9 Å². The molecule has 0 aliphatic heterocycles. The average molecular weight is 454 g/mol. The van der Waals surface area contributed by atoms with Crippen LogP contribution in [0, 0.1) is 12.8 Å². The number of aliphatic carboxylic acids is 1. The van der Waals surface area contributed by atoms with Crippen LogP contribution in [0.4, 0.5) is 0 Å². The molecule has 0 saturated carbocycles. The van der Waals surface area contributed by atoms with Crippen LogP contribution in [0.2, 0.25) is 0 Å². The van der Waals surface area contributed by atoms with Crippen molar-refractivity contribution in [1.82, 2.24) is 4.98 Å². The van der Waals surface area contributed by atoms with Crippen molar-refractivity contribution in [3.63, 3.8) is 0 Å². The third-order valence-electron chi connectivity index (χ3n) is 6.57. The van der Waals surface area contributed by atoms with Crippen LogP contribution in [0.15, 0.2) is 18.2 Å². The van der Waals surface area contributed by atoms with Crippen molar-refractivity contribution in [2.45, 2.75) is 58.8 Å². The van der Waals surface area contributed by atoms with Gasteiger partial charge in [-0.25, -0.2) is 4.98 Å². The zero-order valence-electron chi connectivity index (χ0n) is 19.3. The number of rotatable bonds is 8. The number of pyridine rings is 1. The smallest absolute Gasteiger partial charge is 0.306 e. The van der Waals surface area contributed by atoms with Crippen LogP contribution in [0.1, 0.15) is 54.3 Å². The van der Waals surface area contributed by atoms with Gasteiger partial charge in [0.2, 0.25) is 0 Å². The van der Waals surface area contributed by atoms with E-state index in [1.54, 1.807) is 21.1 Å². The number of aromatic nitrogens is 1. The lowest BCUT2D eigenvalue weighted by molar-refractivity contribution is -0.141. The molecule has 170 valence electrons. The lowest BCUT2D eigenvalue weighted by atomic mass is 9.87. The highest BCUT2D eigenvalue weighted by atomic mass is 32.1. The summed E-state index contributed by atoms with van der Waals surface area (Å²) in [6, 6.07) is 6.12. The standard InChI is InChI=1S/C26H31NO4S/c1-15(26(28)29)8-7-10-18-16(2)27-25-24(19-9-5-6-11-22(19)32-25)23(18)17-12-13-20(30-3)21(14-17)31-4/h12-15H,5-11H2,1-4H3,(H,28,29). The Hall–Kier alpha value is -2.60. The van der Waals surface area contributed by atoms with Gasteiger partial charge in [-0.2, -0.15) is 0 Å². The van der Waals surface area contributed by atoms with Crippen LogP contribution in [0.25, 0.3) is 21.3 Å². The summed E-state index contributed by atoms with van der Waals surface area (Å²) in [5.74, 6) is 0.345. The fraction of sp³-hybridized carbons (Fsp3) is 0.462. The van der Waals surface area contributed by atoms with Gasteiger partial charge in [0.1, 0.15) is 4.83 Å². The lowest BCUT2D eigenvalue weighted by Gasteiger charge is -2.18. The number of thiophene rings is 1. The number of methoxy groups -OCH3 is 2. The summed E-state index contributed by atoms with van der Waals surface area (Å²) in [6.45, 7) is 3.86. The predicted octanol–water partition coefficient (Wildman–Crippen LogP) is 6.21. The minimum Gasteiger partial charge on any atom is -0.493 e. The topological polar surface area (TPSA) is 68.7 Å². The van der Waals surface area contributed by atoms with Gasteiger partial charge in [0.25, 0.3) is 0 Å². The zero-order chi connectivity index (χ0) is 22.8. The number of benzene rings is 1. The fourth-order valence-electron chi connectivity index (χ4n) is 4.76. The van der Waals surface area contributed by atoms with E-state index in [1.165, 1.54) is 39.8 Å². The Bertz CT molecular complexity index is 1150. The summed E-state index contributed by atoms with van der Waals surface area (Å²) in [6.07, 6.45) is 6.95. The maximum absolute atomic E-state index is 11.3. The van der Waals surface area contributed by atoms with E-state index < -0.39 is 5.97 Å². The van der Waals surface area contributed by atoms with E-state index in [9.17, 15) is 9.90 Å². The van der Waals surface area contributed by atoms with E-state index in [2.05, 4.69) is 19.1 Å². The molecule has 5 nitrogen and oxygen atoms in total. The van der Waals surface area contributed by atoms with E-state index >= 15 is 0 Å². The summed E-state index contributed by atoms with van der Waals surface area (Å²) >= 11 is 1.84. The second-order valence-electron chi connectivity index (χ2n) is 8.64. The fourth-order valence-corrected chi connectivity index (χ4v) is 6.08. The molecule has 1 N–H and O–H groups in total. The number of aryl methyl sites for hydroxylation is 3. The number of carboxylic acids is 1. The Labute approximate surface area is 193 Å². The monoisotopic (exact) mass is 453 g/mol. The molecule has 0 radical (unpaired) electrons. The first-order valence-corrected chi connectivity index (χ1v) is 12.1. The van der Waals surface area contributed by atoms with Crippen LogP contribution >= 0.6 is 11.3 Å².